The molecule has 0 unspecified atom stereocenters. The van der Waals surface area contributed by atoms with Crippen LogP contribution in [0.1, 0.15) is 18.9 Å². The van der Waals surface area contributed by atoms with Crippen molar-refractivity contribution in [3.8, 4) is 0 Å². The second-order valence-corrected chi connectivity index (χ2v) is 2.44. The number of nitrogens with two attached hydrogens (primary N) is 1. The first-order chi connectivity index (χ1) is 6.20. The third-order valence-corrected chi connectivity index (χ3v) is 1.38. The minimum atomic E-state index is -0.745. The van der Waals surface area contributed by atoms with E-state index in [0.29, 0.717) is 6.54 Å². The number of rotatable bonds is 2. The Kier molecular flexibility index (Phi) is 6.55. The number of carboxylic acids is 1. The highest BCUT2D eigenvalue weighted by Gasteiger charge is 1.81. The van der Waals surface area contributed by atoms with Gasteiger partial charge in [-0.05, 0) is 5.56 Å². The molecule has 0 atom stereocenters. The summed E-state index contributed by atoms with van der Waals surface area (Å²) in [6, 6.07) is 9.99. The molecule has 0 aliphatic rings. The Morgan fingerprint density at radius 1 is 1.38 bits per heavy atom. The largest absolute Gasteiger partial charge is 0.481 e. The van der Waals surface area contributed by atoms with E-state index in [9.17, 15) is 4.79 Å². The second-order valence-electron chi connectivity index (χ2n) is 2.44. The van der Waals surface area contributed by atoms with Crippen molar-refractivity contribution in [2.45, 2.75) is 19.9 Å². The zero-order valence-corrected chi connectivity index (χ0v) is 7.73. The standard InChI is InChI=1S/C7H9N.C3H6O2/c8-6-7-4-2-1-3-5-7;1-2-3(4)5/h1-5H,6,8H2;2H2,1H3,(H,4,5). The summed E-state index contributed by atoms with van der Waals surface area (Å²) in [5.74, 6) is -0.745. The Labute approximate surface area is 78.2 Å². The predicted octanol–water partition coefficient (Wildman–Crippen LogP) is 1.63. The molecule has 3 N–H and O–H groups in total. The molecule has 0 fully saturated rings. The summed E-state index contributed by atoms with van der Waals surface area (Å²) in [4.78, 5) is 9.37. The van der Waals surface area contributed by atoms with Crippen LogP contribution in [0.2, 0.25) is 0 Å². The molecule has 1 rings (SSSR count). The van der Waals surface area contributed by atoms with E-state index in [2.05, 4.69) is 0 Å². The van der Waals surface area contributed by atoms with Crippen LogP contribution in [0.3, 0.4) is 0 Å². The van der Waals surface area contributed by atoms with Crippen molar-refractivity contribution in [3.63, 3.8) is 0 Å². The zero-order chi connectivity index (χ0) is 10.1. The Balaban J connectivity index is 0.000000252. The number of benzene rings is 1. The first-order valence-corrected chi connectivity index (χ1v) is 4.16. The van der Waals surface area contributed by atoms with Gasteiger partial charge in [-0.15, -0.1) is 0 Å². The average molecular weight is 181 g/mol. The maximum Gasteiger partial charge on any atom is 0.303 e. The van der Waals surface area contributed by atoms with Crippen LogP contribution >= 0.6 is 0 Å². The van der Waals surface area contributed by atoms with Crippen LogP contribution in [0.25, 0.3) is 0 Å². The highest BCUT2D eigenvalue weighted by Crippen LogP contribution is 1.94. The van der Waals surface area contributed by atoms with Gasteiger partial charge in [0.2, 0.25) is 0 Å². The van der Waals surface area contributed by atoms with Gasteiger partial charge in [-0.2, -0.15) is 0 Å². The Morgan fingerprint density at radius 2 is 1.85 bits per heavy atom. The summed E-state index contributed by atoms with van der Waals surface area (Å²) < 4.78 is 0. The smallest absolute Gasteiger partial charge is 0.303 e. The molecule has 13 heavy (non-hydrogen) atoms. The number of hydrogen-bond donors (Lipinski definition) is 2. The maximum atomic E-state index is 9.37. The number of hydrogen-bond acceptors (Lipinski definition) is 2. The van der Waals surface area contributed by atoms with Crippen LogP contribution in [0.4, 0.5) is 0 Å². The van der Waals surface area contributed by atoms with E-state index >= 15 is 0 Å². The van der Waals surface area contributed by atoms with Gasteiger partial charge < -0.3 is 10.8 Å². The van der Waals surface area contributed by atoms with E-state index in [1.807, 2.05) is 30.3 Å². The third-order valence-electron chi connectivity index (χ3n) is 1.38. The SMILES string of the molecule is CCC(=O)O.NCc1ccccc1. The van der Waals surface area contributed by atoms with E-state index < -0.39 is 5.97 Å². The van der Waals surface area contributed by atoms with Gasteiger partial charge in [0.1, 0.15) is 0 Å². The van der Waals surface area contributed by atoms with Crippen LogP contribution in [-0.4, -0.2) is 11.1 Å². The lowest BCUT2D eigenvalue weighted by atomic mass is 10.2. The van der Waals surface area contributed by atoms with Crippen molar-refractivity contribution in [3.05, 3.63) is 35.9 Å². The lowest BCUT2D eigenvalue weighted by molar-refractivity contribution is -0.136. The van der Waals surface area contributed by atoms with Crippen LogP contribution in [0, 0.1) is 0 Å². The fourth-order valence-corrected chi connectivity index (χ4v) is 0.614. The minimum Gasteiger partial charge on any atom is -0.481 e. The van der Waals surface area contributed by atoms with Gasteiger partial charge in [0.05, 0.1) is 0 Å². The van der Waals surface area contributed by atoms with E-state index in [0.717, 1.165) is 0 Å². The molecule has 0 spiro atoms. The lowest BCUT2D eigenvalue weighted by Crippen LogP contribution is -1.94. The van der Waals surface area contributed by atoms with Crippen LogP contribution < -0.4 is 5.73 Å². The summed E-state index contributed by atoms with van der Waals surface area (Å²) in [6.45, 7) is 2.24. The van der Waals surface area contributed by atoms with E-state index in [1.165, 1.54) is 5.56 Å². The molecule has 1 aromatic carbocycles. The van der Waals surface area contributed by atoms with Gasteiger partial charge in [0, 0.05) is 13.0 Å². The molecule has 0 saturated carbocycles. The molecule has 72 valence electrons. The molecule has 0 saturated heterocycles. The monoisotopic (exact) mass is 181 g/mol. The molecule has 0 aliphatic carbocycles. The van der Waals surface area contributed by atoms with Gasteiger partial charge in [0.15, 0.2) is 0 Å². The molecule has 0 amide bonds. The predicted molar refractivity (Wildman–Crippen MR) is 52.3 cm³/mol. The molecule has 3 nitrogen and oxygen atoms in total. The molecule has 0 bridgehead atoms. The molecule has 0 aliphatic heterocycles. The molecule has 3 heteroatoms. The average Bonchev–Trinajstić information content (AvgIpc) is 2.20. The van der Waals surface area contributed by atoms with Crippen molar-refractivity contribution in [2.75, 3.05) is 0 Å². The molecule has 0 radical (unpaired) electrons. The van der Waals surface area contributed by atoms with Crippen molar-refractivity contribution in [2.24, 2.45) is 5.73 Å². The fourth-order valence-electron chi connectivity index (χ4n) is 0.614. The van der Waals surface area contributed by atoms with Gasteiger partial charge >= 0.3 is 5.97 Å². The molecular weight excluding hydrogens is 166 g/mol. The minimum absolute atomic E-state index is 0.222. The third kappa shape index (κ3) is 7.03. The second kappa shape index (κ2) is 7.31. The first-order valence-electron chi connectivity index (χ1n) is 4.16. The van der Waals surface area contributed by atoms with Crippen molar-refractivity contribution >= 4 is 5.97 Å². The maximum absolute atomic E-state index is 9.37. The van der Waals surface area contributed by atoms with Gasteiger partial charge in [-0.25, -0.2) is 0 Å². The molecular formula is C10H15NO2. The summed E-state index contributed by atoms with van der Waals surface area (Å²) >= 11 is 0. The van der Waals surface area contributed by atoms with Crippen molar-refractivity contribution < 1.29 is 9.90 Å². The summed E-state index contributed by atoms with van der Waals surface area (Å²) in [7, 11) is 0. The molecule has 0 aromatic heterocycles. The van der Waals surface area contributed by atoms with Crippen molar-refractivity contribution in [1.29, 1.82) is 0 Å². The van der Waals surface area contributed by atoms with Crippen LogP contribution in [-0.2, 0) is 11.3 Å². The quantitative estimate of drug-likeness (QED) is 0.728. The molecule has 1 aromatic rings. The van der Waals surface area contributed by atoms with E-state index in [1.54, 1.807) is 6.92 Å². The summed E-state index contributed by atoms with van der Waals surface area (Å²) in [6.07, 6.45) is 0.222. The van der Waals surface area contributed by atoms with E-state index in [-0.39, 0.29) is 6.42 Å². The normalized spacial score (nSPS) is 8.46. The molecule has 0 heterocycles. The van der Waals surface area contributed by atoms with E-state index in [4.69, 9.17) is 10.8 Å². The number of carbonyl (C=O) groups is 1. The summed E-state index contributed by atoms with van der Waals surface area (Å²) in [5, 5.41) is 7.72. The van der Waals surface area contributed by atoms with Crippen LogP contribution in [0.15, 0.2) is 30.3 Å². The number of aliphatic carboxylic acids is 1. The first kappa shape index (κ1) is 11.6. The van der Waals surface area contributed by atoms with Crippen molar-refractivity contribution in [1.82, 2.24) is 0 Å². The highest BCUT2D eigenvalue weighted by atomic mass is 16.4. The number of carboxylic acid groups (broad SMARTS) is 1. The topological polar surface area (TPSA) is 63.3 Å². The Morgan fingerprint density at radius 3 is 2.08 bits per heavy atom. The Bertz CT molecular complexity index is 234. The Hall–Kier alpha value is -1.35. The van der Waals surface area contributed by atoms with Gasteiger partial charge in [0.25, 0.3) is 0 Å². The lowest BCUT2D eigenvalue weighted by Gasteiger charge is -1.90. The fraction of sp³-hybridized carbons (Fsp3) is 0.300. The highest BCUT2D eigenvalue weighted by molar-refractivity contribution is 5.66. The van der Waals surface area contributed by atoms with Gasteiger partial charge in [-0.1, -0.05) is 37.3 Å². The zero-order valence-electron chi connectivity index (χ0n) is 7.73. The van der Waals surface area contributed by atoms with Gasteiger partial charge in [-0.3, -0.25) is 4.79 Å². The van der Waals surface area contributed by atoms with Crippen LogP contribution in [0.5, 0.6) is 0 Å². The summed E-state index contributed by atoms with van der Waals surface area (Å²) in [5.41, 5.74) is 6.54.